The van der Waals surface area contributed by atoms with E-state index >= 15 is 0 Å². The zero-order valence-corrected chi connectivity index (χ0v) is 10.8. The summed E-state index contributed by atoms with van der Waals surface area (Å²) in [5, 5.41) is 2.51. The number of rotatable bonds is 3. The van der Waals surface area contributed by atoms with Crippen LogP contribution in [0, 0.1) is 0 Å². The SMILES string of the molecule is N[C@H](Cc1ccccc1)c1cccc2ccccc12. The molecule has 0 bridgehead atoms. The van der Waals surface area contributed by atoms with Gasteiger partial charge < -0.3 is 5.73 Å². The standard InChI is InChI=1S/C18H17N/c19-18(13-14-7-2-1-3-8-14)17-12-6-10-15-9-4-5-11-16(15)17/h1-12,18H,13,19H2/t18-/m1/s1. The molecule has 0 aliphatic carbocycles. The molecule has 0 fully saturated rings. The van der Waals surface area contributed by atoms with Crippen LogP contribution in [-0.2, 0) is 6.42 Å². The fraction of sp³-hybridized carbons (Fsp3) is 0.111. The van der Waals surface area contributed by atoms with E-state index < -0.39 is 0 Å². The van der Waals surface area contributed by atoms with E-state index in [1.807, 2.05) is 6.07 Å². The van der Waals surface area contributed by atoms with Crippen LogP contribution in [0.3, 0.4) is 0 Å². The van der Waals surface area contributed by atoms with Gasteiger partial charge in [0.05, 0.1) is 0 Å². The first-order valence-corrected chi connectivity index (χ1v) is 6.62. The minimum atomic E-state index is 0.0356. The molecule has 0 amide bonds. The Labute approximate surface area is 113 Å². The molecular formula is C18H17N. The number of hydrogen-bond acceptors (Lipinski definition) is 1. The van der Waals surface area contributed by atoms with Gasteiger partial charge in [0, 0.05) is 6.04 Å². The molecule has 3 rings (SSSR count). The Kier molecular flexibility index (Phi) is 3.30. The van der Waals surface area contributed by atoms with E-state index in [4.69, 9.17) is 5.73 Å². The molecule has 0 aromatic heterocycles. The largest absolute Gasteiger partial charge is 0.324 e. The van der Waals surface area contributed by atoms with Gasteiger partial charge in [-0.25, -0.2) is 0 Å². The monoisotopic (exact) mass is 247 g/mol. The molecule has 3 aromatic carbocycles. The molecule has 2 N–H and O–H groups in total. The lowest BCUT2D eigenvalue weighted by molar-refractivity contribution is 0.728. The van der Waals surface area contributed by atoms with Crippen molar-refractivity contribution in [2.45, 2.75) is 12.5 Å². The quantitative estimate of drug-likeness (QED) is 0.741. The van der Waals surface area contributed by atoms with Crippen molar-refractivity contribution in [2.75, 3.05) is 0 Å². The van der Waals surface area contributed by atoms with E-state index in [2.05, 4.69) is 66.7 Å². The van der Waals surface area contributed by atoms with Crippen LogP contribution >= 0.6 is 0 Å². The molecule has 0 aliphatic heterocycles. The van der Waals surface area contributed by atoms with Gasteiger partial charge in [0.25, 0.3) is 0 Å². The molecule has 0 saturated heterocycles. The van der Waals surface area contributed by atoms with E-state index in [1.54, 1.807) is 0 Å². The topological polar surface area (TPSA) is 26.0 Å². The first kappa shape index (κ1) is 11.9. The van der Waals surface area contributed by atoms with Gasteiger partial charge in [-0.1, -0.05) is 72.8 Å². The van der Waals surface area contributed by atoms with Crippen molar-refractivity contribution in [3.05, 3.63) is 83.9 Å². The third-order valence-corrected chi connectivity index (χ3v) is 3.52. The van der Waals surface area contributed by atoms with Crippen molar-refractivity contribution in [2.24, 2.45) is 5.73 Å². The van der Waals surface area contributed by atoms with Crippen LogP contribution in [0.15, 0.2) is 72.8 Å². The van der Waals surface area contributed by atoms with Gasteiger partial charge in [-0.2, -0.15) is 0 Å². The van der Waals surface area contributed by atoms with Crippen LogP contribution < -0.4 is 5.73 Å². The maximum Gasteiger partial charge on any atom is 0.0341 e. The molecule has 94 valence electrons. The van der Waals surface area contributed by atoms with E-state index in [9.17, 15) is 0 Å². The summed E-state index contributed by atoms with van der Waals surface area (Å²) in [5.41, 5.74) is 8.90. The molecule has 1 atom stereocenters. The minimum absolute atomic E-state index is 0.0356. The lowest BCUT2D eigenvalue weighted by atomic mass is 9.95. The highest BCUT2D eigenvalue weighted by atomic mass is 14.6. The van der Waals surface area contributed by atoms with E-state index in [1.165, 1.54) is 21.9 Å². The molecule has 0 radical (unpaired) electrons. The highest BCUT2D eigenvalue weighted by molar-refractivity contribution is 5.86. The Hall–Kier alpha value is -2.12. The average molecular weight is 247 g/mol. The summed E-state index contributed by atoms with van der Waals surface area (Å²) in [6.07, 6.45) is 0.870. The second-order valence-electron chi connectivity index (χ2n) is 4.86. The van der Waals surface area contributed by atoms with Gasteiger partial charge in [-0.15, -0.1) is 0 Å². The van der Waals surface area contributed by atoms with E-state index in [0.717, 1.165) is 6.42 Å². The van der Waals surface area contributed by atoms with Crippen LogP contribution in [0.4, 0.5) is 0 Å². The van der Waals surface area contributed by atoms with Crippen molar-refractivity contribution < 1.29 is 0 Å². The van der Waals surface area contributed by atoms with Crippen LogP contribution in [0.1, 0.15) is 17.2 Å². The molecule has 0 unspecified atom stereocenters. The van der Waals surface area contributed by atoms with E-state index in [-0.39, 0.29) is 6.04 Å². The summed E-state index contributed by atoms with van der Waals surface area (Å²) in [7, 11) is 0. The van der Waals surface area contributed by atoms with Crippen LogP contribution in [0.25, 0.3) is 10.8 Å². The molecule has 0 saturated carbocycles. The minimum Gasteiger partial charge on any atom is -0.324 e. The molecular weight excluding hydrogens is 230 g/mol. The summed E-state index contributed by atoms with van der Waals surface area (Å²) in [5.74, 6) is 0. The highest BCUT2D eigenvalue weighted by Gasteiger charge is 2.10. The molecule has 1 nitrogen and oxygen atoms in total. The summed E-state index contributed by atoms with van der Waals surface area (Å²) in [4.78, 5) is 0. The Morgan fingerprint density at radius 3 is 2.26 bits per heavy atom. The Bertz CT molecular complexity index is 668. The number of hydrogen-bond donors (Lipinski definition) is 1. The van der Waals surface area contributed by atoms with Crippen molar-refractivity contribution in [3.63, 3.8) is 0 Å². The Morgan fingerprint density at radius 2 is 1.42 bits per heavy atom. The molecule has 3 aromatic rings. The maximum absolute atomic E-state index is 6.39. The third kappa shape index (κ3) is 2.51. The molecule has 0 heterocycles. The number of fused-ring (bicyclic) bond motifs is 1. The molecule has 1 heteroatoms. The predicted molar refractivity (Wildman–Crippen MR) is 81.0 cm³/mol. The lowest BCUT2D eigenvalue weighted by Gasteiger charge is -2.15. The summed E-state index contributed by atoms with van der Waals surface area (Å²) < 4.78 is 0. The van der Waals surface area contributed by atoms with Crippen LogP contribution in [-0.4, -0.2) is 0 Å². The summed E-state index contributed by atoms with van der Waals surface area (Å²) in [6, 6.07) is 25.2. The van der Waals surface area contributed by atoms with Gasteiger partial charge in [0.15, 0.2) is 0 Å². The normalized spacial score (nSPS) is 12.5. The van der Waals surface area contributed by atoms with E-state index in [0.29, 0.717) is 0 Å². The van der Waals surface area contributed by atoms with Crippen LogP contribution in [0.5, 0.6) is 0 Å². The van der Waals surface area contributed by atoms with Gasteiger partial charge in [-0.3, -0.25) is 0 Å². The van der Waals surface area contributed by atoms with Gasteiger partial charge in [0.1, 0.15) is 0 Å². The Balaban J connectivity index is 1.96. The number of benzene rings is 3. The number of nitrogens with two attached hydrogens (primary N) is 1. The molecule has 0 aliphatic rings. The van der Waals surface area contributed by atoms with Crippen molar-refractivity contribution in [1.29, 1.82) is 0 Å². The fourth-order valence-corrected chi connectivity index (χ4v) is 2.55. The van der Waals surface area contributed by atoms with Crippen LogP contribution in [0.2, 0.25) is 0 Å². The third-order valence-electron chi connectivity index (χ3n) is 3.52. The zero-order chi connectivity index (χ0) is 13.1. The second kappa shape index (κ2) is 5.25. The van der Waals surface area contributed by atoms with Crippen molar-refractivity contribution in [1.82, 2.24) is 0 Å². The first-order valence-electron chi connectivity index (χ1n) is 6.62. The summed E-state index contributed by atoms with van der Waals surface area (Å²) in [6.45, 7) is 0. The van der Waals surface area contributed by atoms with Gasteiger partial charge >= 0.3 is 0 Å². The van der Waals surface area contributed by atoms with Gasteiger partial charge in [0.2, 0.25) is 0 Å². The van der Waals surface area contributed by atoms with Crippen molar-refractivity contribution >= 4 is 10.8 Å². The maximum atomic E-state index is 6.39. The zero-order valence-electron chi connectivity index (χ0n) is 10.8. The van der Waals surface area contributed by atoms with Crippen molar-refractivity contribution in [3.8, 4) is 0 Å². The Morgan fingerprint density at radius 1 is 0.737 bits per heavy atom. The lowest BCUT2D eigenvalue weighted by Crippen LogP contribution is -2.13. The molecule has 19 heavy (non-hydrogen) atoms. The highest BCUT2D eigenvalue weighted by Crippen LogP contribution is 2.25. The average Bonchev–Trinajstić information content (AvgIpc) is 2.47. The first-order chi connectivity index (χ1) is 9.34. The second-order valence-corrected chi connectivity index (χ2v) is 4.86. The molecule has 0 spiro atoms. The fourth-order valence-electron chi connectivity index (χ4n) is 2.55. The predicted octanol–water partition coefficient (Wildman–Crippen LogP) is 4.08. The van der Waals surface area contributed by atoms with Gasteiger partial charge in [-0.05, 0) is 28.3 Å². The summed E-state index contributed by atoms with van der Waals surface area (Å²) >= 11 is 0. The smallest absolute Gasteiger partial charge is 0.0341 e.